The van der Waals surface area contributed by atoms with Gasteiger partial charge in [-0.2, -0.15) is 0 Å². The maximum atomic E-state index is 10.3. The van der Waals surface area contributed by atoms with Gasteiger partial charge in [-0.15, -0.1) is 11.3 Å². The van der Waals surface area contributed by atoms with Crippen LogP contribution in [0.4, 0.5) is 0 Å². The molecule has 0 aliphatic carbocycles. The van der Waals surface area contributed by atoms with Crippen molar-refractivity contribution in [3.8, 4) is 0 Å². The van der Waals surface area contributed by atoms with Gasteiger partial charge in [-0.05, 0) is 29.3 Å². The number of benzene rings is 2. The highest BCUT2D eigenvalue weighted by atomic mass is 32.1. The lowest BCUT2D eigenvalue weighted by Gasteiger charge is -2.09. The highest BCUT2D eigenvalue weighted by Gasteiger charge is 2.14. The number of aryl methyl sites for hydroxylation is 1. The van der Waals surface area contributed by atoms with Gasteiger partial charge in [-0.1, -0.05) is 36.4 Å². The fraction of sp³-hybridized carbons (Fsp3) is 0.133. The Bertz CT molecular complexity index is 690. The largest absolute Gasteiger partial charge is 0.381 e. The van der Waals surface area contributed by atoms with E-state index in [1.54, 1.807) is 0 Å². The molecule has 3 rings (SSSR count). The summed E-state index contributed by atoms with van der Waals surface area (Å²) in [6, 6.07) is 14.2. The van der Waals surface area contributed by atoms with E-state index in [1.807, 2.05) is 42.6 Å². The van der Waals surface area contributed by atoms with Gasteiger partial charge in [0.05, 0.1) is 0 Å². The molecule has 0 spiro atoms. The molecule has 18 heavy (non-hydrogen) atoms. The molecule has 0 aliphatic heterocycles. The Morgan fingerprint density at radius 3 is 2.61 bits per heavy atom. The second-order valence-corrected chi connectivity index (χ2v) is 5.23. The number of nitrogens with zero attached hydrogens (tertiary/aromatic N) is 1. The zero-order valence-corrected chi connectivity index (χ0v) is 10.8. The Labute approximate surface area is 110 Å². The number of aliphatic hydroxyl groups is 1. The molecule has 1 N–H and O–H groups in total. The molecular formula is C15H13NOS. The molecule has 0 bridgehead atoms. The topological polar surface area (TPSA) is 33.1 Å². The third-order valence-electron chi connectivity index (χ3n) is 2.96. The SMILES string of the molecule is Cc1csc(C(O)c2ccc3ccccc3c2)n1. The fourth-order valence-electron chi connectivity index (χ4n) is 2.02. The van der Waals surface area contributed by atoms with Crippen LogP contribution in [0.25, 0.3) is 10.8 Å². The lowest BCUT2D eigenvalue weighted by Crippen LogP contribution is -1.98. The minimum Gasteiger partial charge on any atom is -0.381 e. The standard InChI is InChI=1S/C15H13NOS/c1-10-9-18-15(16-10)14(17)13-7-6-11-4-2-3-5-12(11)8-13/h2-9,14,17H,1H3. The Morgan fingerprint density at radius 1 is 1.11 bits per heavy atom. The smallest absolute Gasteiger partial charge is 0.131 e. The summed E-state index contributed by atoms with van der Waals surface area (Å²) < 4.78 is 0. The van der Waals surface area contributed by atoms with Crippen LogP contribution in [0.5, 0.6) is 0 Å². The van der Waals surface area contributed by atoms with E-state index >= 15 is 0 Å². The summed E-state index contributed by atoms with van der Waals surface area (Å²) in [5.41, 5.74) is 1.85. The summed E-state index contributed by atoms with van der Waals surface area (Å²) in [4.78, 5) is 4.34. The van der Waals surface area contributed by atoms with Crippen LogP contribution in [0.1, 0.15) is 22.4 Å². The quantitative estimate of drug-likeness (QED) is 0.757. The van der Waals surface area contributed by atoms with E-state index in [9.17, 15) is 5.11 Å². The zero-order valence-electron chi connectivity index (χ0n) is 10.00. The maximum absolute atomic E-state index is 10.3. The van der Waals surface area contributed by atoms with E-state index in [2.05, 4.69) is 17.1 Å². The highest BCUT2D eigenvalue weighted by Crippen LogP contribution is 2.27. The zero-order chi connectivity index (χ0) is 12.5. The maximum Gasteiger partial charge on any atom is 0.131 e. The lowest BCUT2D eigenvalue weighted by molar-refractivity contribution is 0.220. The summed E-state index contributed by atoms with van der Waals surface area (Å²) in [5.74, 6) is 0. The average Bonchev–Trinajstić information content (AvgIpc) is 2.84. The first-order valence-corrected chi connectivity index (χ1v) is 6.71. The van der Waals surface area contributed by atoms with Crippen LogP contribution in [0.15, 0.2) is 47.8 Å². The molecule has 0 saturated heterocycles. The van der Waals surface area contributed by atoms with Gasteiger partial charge in [0, 0.05) is 11.1 Å². The van der Waals surface area contributed by atoms with Gasteiger partial charge in [-0.25, -0.2) is 4.98 Å². The Kier molecular flexibility index (Phi) is 2.86. The molecule has 1 aromatic heterocycles. The van der Waals surface area contributed by atoms with E-state index in [-0.39, 0.29) is 0 Å². The number of hydrogen-bond donors (Lipinski definition) is 1. The summed E-state index contributed by atoms with van der Waals surface area (Å²) in [7, 11) is 0. The molecule has 1 atom stereocenters. The molecule has 2 nitrogen and oxygen atoms in total. The van der Waals surface area contributed by atoms with Crippen LogP contribution in [-0.2, 0) is 0 Å². The van der Waals surface area contributed by atoms with Crippen molar-refractivity contribution in [1.82, 2.24) is 4.98 Å². The number of hydrogen-bond acceptors (Lipinski definition) is 3. The van der Waals surface area contributed by atoms with E-state index in [0.29, 0.717) is 0 Å². The Morgan fingerprint density at radius 2 is 1.89 bits per heavy atom. The summed E-state index contributed by atoms with van der Waals surface area (Å²) >= 11 is 1.50. The van der Waals surface area contributed by atoms with Crippen LogP contribution in [0, 0.1) is 6.92 Å². The minimum absolute atomic E-state index is 0.631. The van der Waals surface area contributed by atoms with Crippen molar-refractivity contribution in [3.05, 3.63) is 64.1 Å². The van der Waals surface area contributed by atoms with Crippen molar-refractivity contribution in [2.45, 2.75) is 13.0 Å². The Balaban J connectivity index is 2.03. The van der Waals surface area contributed by atoms with Crippen LogP contribution >= 0.6 is 11.3 Å². The molecule has 0 aliphatic rings. The van der Waals surface area contributed by atoms with Crippen molar-refractivity contribution in [3.63, 3.8) is 0 Å². The normalized spacial score (nSPS) is 12.8. The first kappa shape index (κ1) is 11.4. The van der Waals surface area contributed by atoms with Crippen molar-refractivity contribution < 1.29 is 5.11 Å². The van der Waals surface area contributed by atoms with Crippen LogP contribution in [0.3, 0.4) is 0 Å². The molecule has 0 radical (unpaired) electrons. The average molecular weight is 255 g/mol. The van der Waals surface area contributed by atoms with E-state index in [1.165, 1.54) is 16.7 Å². The van der Waals surface area contributed by atoms with Gasteiger partial charge in [-0.3, -0.25) is 0 Å². The van der Waals surface area contributed by atoms with E-state index in [4.69, 9.17) is 0 Å². The molecule has 3 heteroatoms. The third-order valence-corrected chi connectivity index (χ3v) is 3.97. The molecule has 0 fully saturated rings. The number of aliphatic hydroxyl groups excluding tert-OH is 1. The molecule has 90 valence electrons. The monoisotopic (exact) mass is 255 g/mol. The lowest BCUT2D eigenvalue weighted by atomic mass is 10.0. The van der Waals surface area contributed by atoms with Crippen LogP contribution < -0.4 is 0 Å². The highest BCUT2D eigenvalue weighted by molar-refractivity contribution is 7.09. The van der Waals surface area contributed by atoms with Gasteiger partial charge in [0.1, 0.15) is 11.1 Å². The van der Waals surface area contributed by atoms with Gasteiger partial charge in [0.15, 0.2) is 0 Å². The van der Waals surface area contributed by atoms with Crippen LogP contribution in [0.2, 0.25) is 0 Å². The Hall–Kier alpha value is -1.71. The molecule has 3 aromatic rings. The first-order chi connectivity index (χ1) is 8.74. The predicted octanol–water partition coefficient (Wildman–Crippen LogP) is 3.69. The van der Waals surface area contributed by atoms with Crippen molar-refractivity contribution >= 4 is 22.1 Å². The summed E-state index contributed by atoms with van der Waals surface area (Å²) in [6.07, 6.45) is -0.631. The number of rotatable bonds is 2. The second-order valence-electron chi connectivity index (χ2n) is 4.34. The molecule has 0 saturated carbocycles. The molecular weight excluding hydrogens is 242 g/mol. The molecule has 0 amide bonds. The summed E-state index contributed by atoms with van der Waals surface area (Å²) in [6.45, 7) is 1.94. The molecule has 2 aromatic carbocycles. The predicted molar refractivity (Wildman–Crippen MR) is 74.9 cm³/mol. The molecule has 1 heterocycles. The summed E-state index contributed by atoms with van der Waals surface area (Å²) in [5, 5.41) is 15.3. The number of aromatic nitrogens is 1. The van der Waals surface area contributed by atoms with E-state index < -0.39 is 6.10 Å². The van der Waals surface area contributed by atoms with Gasteiger partial charge in [0.2, 0.25) is 0 Å². The van der Waals surface area contributed by atoms with E-state index in [0.717, 1.165) is 21.7 Å². The fourth-order valence-corrected chi connectivity index (χ4v) is 2.82. The first-order valence-electron chi connectivity index (χ1n) is 5.83. The third kappa shape index (κ3) is 2.03. The van der Waals surface area contributed by atoms with Gasteiger partial charge in [0.25, 0.3) is 0 Å². The van der Waals surface area contributed by atoms with Gasteiger partial charge < -0.3 is 5.11 Å². The number of fused-ring (bicyclic) bond motifs is 1. The van der Waals surface area contributed by atoms with Gasteiger partial charge >= 0.3 is 0 Å². The van der Waals surface area contributed by atoms with Crippen molar-refractivity contribution in [2.24, 2.45) is 0 Å². The van der Waals surface area contributed by atoms with Crippen molar-refractivity contribution in [2.75, 3.05) is 0 Å². The molecule has 1 unspecified atom stereocenters. The second kappa shape index (κ2) is 4.52. The van der Waals surface area contributed by atoms with Crippen LogP contribution in [-0.4, -0.2) is 10.1 Å². The minimum atomic E-state index is -0.631. The van der Waals surface area contributed by atoms with Crippen molar-refractivity contribution in [1.29, 1.82) is 0 Å². The number of thiazole rings is 1.